The highest BCUT2D eigenvalue weighted by Crippen LogP contribution is 2.32. The molecule has 0 aliphatic carbocycles. The molecule has 0 N–H and O–H groups in total. The van der Waals surface area contributed by atoms with Gasteiger partial charge in [0.2, 0.25) is 0 Å². The molecule has 0 bridgehead atoms. The van der Waals surface area contributed by atoms with E-state index < -0.39 is 0 Å². The van der Waals surface area contributed by atoms with Gasteiger partial charge in [0.25, 0.3) is 0 Å². The Hall–Kier alpha value is -0.570. The molecule has 1 fully saturated rings. The molecule has 0 saturated carbocycles. The maximum absolute atomic E-state index is 5.05. The Bertz CT molecular complexity index is 190. The molecule has 0 amide bonds. The SMILES string of the molecule is CCCC1(/C=N/OCC)CCN(C)C1. The number of rotatable bonds is 5. The van der Waals surface area contributed by atoms with Crippen molar-refractivity contribution in [2.45, 2.75) is 33.1 Å². The van der Waals surface area contributed by atoms with Gasteiger partial charge >= 0.3 is 0 Å². The van der Waals surface area contributed by atoms with Gasteiger partial charge in [0, 0.05) is 12.0 Å². The minimum atomic E-state index is 0.276. The average Bonchev–Trinajstić information content (AvgIpc) is 2.49. The average molecular weight is 198 g/mol. The zero-order valence-corrected chi connectivity index (χ0v) is 9.62. The van der Waals surface area contributed by atoms with Crippen LogP contribution in [0, 0.1) is 5.41 Å². The van der Waals surface area contributed by atoms with Gasteiger partial charge in [-0.2, -0.15) is 0 Å². The van der Waals surface area contributed by atoms with E-state index in [9.17, 15) is 0 Å². The van der Waals surface area contributed by atoms with Crippen molar-refractivity contribution in [2.75, 3.05) is 26.7 Å². The molecule has 1 aliphatic heterocycles. The number of hydrogen-bond acceptors (Lipinski definition) is 3. The predicted octanol–water partition coefficient (Wildman–Crippen LogP) is 2.13. The Morgan fingerprint density at radius 2 is 2.29 bits per heavy atom. The lowest BCUT2D eigenvalue weighted by molar-refractivity contribution is 0.156. The van der Waals surface area contributed by atoms with Crippen LogP contribution >= 0.6 is 0 Å². The molecule has 0 aromatic rings. The highest BCUT2D eigenvalue weighted by Gasteiger charge is 2.34. The van der Waals surface area contributed by atoms with E-state index in [0.29, 0.717) is 6.61 Å². The lowest BCUT2D eigenvalue weighted by Gasteiger charge is -2.22. The molecular weight excluding hydrogens is 176 g/mol. The fourth-order valence-corrected chi connectivity index (χ4v) is 2.20. The Morgan fingerprint density at radius 1 is 1.50 bits per heavy atom. The van der Waals surface area contributed by atoms with Crippen molar-refractivity contribution in [1.82, 2.24) is 4.90 Å². The molecule has 82 valence electrons. The fraction of sp³-hybridized carbons (Fsp3) is 0.909. The second kappa shape index (κ2) is 5.35. The van der Waals surface area contributed by atoms with E-state index in [1.807, 2.05) is 13.1 Å². The van der Waals surface area contributed by atoms with Crippen LogP contribution in [-0.4, -0.2) is 37.9 Å². The Labute approximate surface area is 87.1 Å². The maximum atomic E-state index is 5.05. The van der Waals surface area contributed by atoms with Crippen molar-refractivity contribution in [2.24, 2.45) is 10.6 Å². The third kappa shape index (κ3) is 2.98. The quantitative estimate of drug-likeness (QED) is 0.499. The van der Waals surface area contributed by atoms with Crippen molar-refractivity contribution in [1.29, 1.82) is 0 Å². The lowest BCUT2D eigenvalue weighted by atomic mass is 9.84. The van der Waals surface area contributed by atoms with Crippen molar-refractivity contribution >= 4 is 6.21 Å². The van der Waals surface area contributed by atoms with Crippen molar-refractivity contribution in [3.05, 3.63) is 0 Å². The summed E-state index contributed by atoms with van der Waals surface area (Å²) in [5.41, 5.74) is 0.276. The molecule has 0 aromatic heterocycles. The van der Waals surface area contributed by atoms with Crippen molar-refractivity contribution in [3.63, 3.8) is 0 Å². The van der Waals surface area contributed by atoms with Crippen LogP contribution < -0.4 is 0 Å². The molecule has 3 heteroatoms. The zero-order valence-electron chi connectivity index (χ0n) is 9.62. The summed E-state index contributed by atoms with van der Waals surface area (Å²) in [5.74, 6) is 0. The molecule has 14 heavy (non-hydrogen) atoms. The Morgan fingerprint density at radius 3 is 2.79 bits per heavy atom. The molecule has 1 aliphatic rings. The van der Waals surface area contributed by atoms with Crippen LogP contribution in [0.15, 0.2) is 5.16 Å². The van der Waals surface area contributed by atoms with Crippen molar-refractivity contribution < 1.29 is 4.84 Å². The molecule has 1 unspecified atom stereocenters. The van der Waals surface area contributed by atoms with Crippen LogP contribution in [0.4, 0.5) is 0 Å². The summed E-state index contributed by atoms with van der Waals surface area (Å²) in [5, 5.41) is 4.05. The molecule has 0 aromatic carbocycles. The molecule has 1 atom stereocenters. The molecular formula is C11H22N2O. The van der Waals surface area contributed by atoms with Gasteiger partial charge in [0.05, 0.1) is 6.21 Å². The number of nitrogens with zero attached hydrogens (tertiary/aromatic N) is 2. The summed E-state index contributed by atoms with van der Waals surface area (Å²) in [7, 11) is 2.17. The van der Waals surface area contributed by atoms with Crippen LogP contribution in [0.25, 0.3) is 0 Å². The fourth-order valence-electron chi connectivity index (χ4n) is 2.20. The Balaban J connectivity index is 2.53. The monoisotopic (exact) mass is 198 g/mol. The largest absolute Gasteiger partial charge is 0.396 e. The smallest absolute Gasteiger partial charge is 0.114 e. The van der Waals surface area contributed by atoms with Crippen LogP contribution in [0.3, 0.4) is 0 Å². The second-order valence-corrected chi connectivity index (χ2v) is 4.25. The molecule has 1 saturated heterocycles. The topological polar surface area (TPSA) is 24.8 Å². The van der Waals surface area contributed by atoms with E-state index in [1.54, 1.807) is 0 Å². The maximum Gasteiger partial charge on any atom is 0.114 e. The third-order valence-electron chi connectivity index (χ3n) is 2.85. The van der Waals surface area contributed by atoms with Gasteiger partial charge < -0.3 is 9.74 Å². The molecule has 0 radical (unpaired) electrons. The van der Waals surface area contributed by atoms with Gasteiger partial charge in [-0.05, 0) is 33.4 Å². The van der Waals surface area contributed by atoms with Gasteiger partial charge in [-0.3, -0.25) is 0 Å². The first-order chi connectivity index (χ1) is 6.72. The van der Waals surface area contributed by atoms with E-state index >= 15 is 0 Å². The zero-order chi connectivity index (χ0) is 10.4. The van der Waals surface area contributed by atoms with Crippen molar-refractivity contribution in [3.8, 4) is 0 Å². The van der Waals surface area contributed by atoms with Crippen LogP contribution in [0.1, 0.15) is 33.1 Å². The van der Waals surface area contributed by atoms with E-state index in [1.165, 1.54) is 25.8 Å². The first-order valence-corrected chi connectivity index (χ1v) is 5.57. The standard InChI is InChI=1S/C11H22N2O/c1-4-6-11(9-12-14-5-2)7-8-13(3)10-11/h9H,4-8,10H2,1-3H3/b12-9+. The minimum Gasteiger partial charge on any atom is -0.396 e. The third-order valence-corrected chi connectivity index (χ3v) is 2.85. The summed E-state index contributed by atoms with van der Waals surface area (Å²) in [6.07, 6.45) is 5.68. The number of likely N-dealkylation sites (tertiary alicyclic amines) is 1. The van der Waals surface area contributed by atoms with Gasteiger partial charge in [0.1, 0.15) is 6.61 Å². The lowest BCUT2D eigenvalue weighted by Crippen LogP contribution is -2.26. The van der Waals surface area contributed by atoms with Crippen LogP contribution in [-0.2, 0) is 4.84 Å². The Kier molecular flexibility index (Phi) is 4.39. The van der Waals surface area contributed by atoms with Crippen LogP contribution in [0.5, 0.6) is 0 Å². The molecule has 1 rings (SSSR count). The van der Waals surface area contributed by atoms with Gasteiger partial charge in [-0.15, -0.1) is 0 Å². The van der Waals surface area contributed by atoms with E-state index in [2.05, 4.69) is 24.0 Å². The highest BCUT2D eigenvalue weighted by atomic mass is 16.6. The highest BCUT2D eigenvalue weighted by molar-refractivity contribution is 5.66. The first-order valence-electron chi connectivity index (χ1n) is 5.57. The summed E-state index contributed by atoms with van der Waals surface area (Å²) in [4.78, 5) is 7.42. The number of hydrogen-bond donors (Lipinski definition) is 0. The molecule has 0 spiro atoms. The minimum absolute atomic E-state index is 0.276. The van der Waals surface area contributed by atoms with E-state index in [4.69, 9.17) is 4.84 Å². The van der Waals surface area contributed by atoms with E-state index in [0.717, 1.165) is 6.54 Å². The second-order valence-electron chi connectivity index (χ2n) is 4.25. The van der Waals surface area contributed by atoms with Gasteiger partial charge in [0.15, 0.2) is 0 Å². The van der Waals surface area contributed by atoms with Gasteiger partial charge in [-0.1, -0.05) is 18.5 Å². The summed E-state index contributed by atoms with van der Waals surface area (Å²) in [6, 6.07) is 0. The molecule has 1 heterocycles. The van der Waals surface area contributed by atoms with E-state index in [-0.39, 0.29) is 5.41 Å². The summed E-state index contributed by atoms with van der Waals surface area (Å²) in [6.45, 7) is 7.16. The number of oxime groups is 1. The summed E-state index contributed by atoms with van der Waals surface area (Å²) >= 11 is 0. The first kappa shape index (κ1) is 11.5. The summed E-state index contributed by atoms with van der Waals surface area (Å²) < 4.78 is 0. The van der Waals surface area contributed by atoms with Crippen LogP contribution in [0.2, 0.25) is 0 Å². The predicted molar refractivity (Wildman–Crippen MR) is 59.6 cm³/mol. The van der Waals surface area contributed by atoms with Gasteiger partial charge in [-0.25, -0.2) is 0 Å². The normalized spacial score (nSPS) is 28.8. The molecule has 3 nitrogen and oxygen atoms in total.